The molecule has 0 aliphatic rings. The predicted molar refractivity (Wildman–Crippen MR) is 69.2 cm³/mol. The molecule has 2 heteroatoms. The molecule has 0 aliphatic carbocycles. The highest BCUT2D eigenvalue weighted by Gasteiger charge is 2.12. The summed E-state index contributed by atoms with van der Waals surface area (Å²) in [5.41, 5.74) is 8.98. The molecule has 0 spiro atoms. The minimum atomic E-state index is 0.183. The van der Waals surface area contributed by atoms with Crippen molar-refractivity contribution in [2.24, 2.45) is 5.73 Å². The van der Waals surface area contributed by atoms with Crippen LogP contribution in [0.2, 0.25) is 0 Å². The van der Waals surface area contributed by atoms with Crippen LogP contribution in [-0.4, -0.2) is 14.4 Å². The summed E-state index contributed by atoms with van der Waals surface area (Å²) in [4.78, 5) is 0. The number of nitrogens with two attached hydrogens (primary N) is 1. The monoisotopic (exact) mass is 207 g/mol. The van der Waals surface area contributed by atoms with Gasteiger partial charge in [-0.15, -0.1) is 0 Å². The molecule has 2 rings (SSSR count). The minimum Gasteiger partial charge on any atom is -0.330 e. The van der Waals surface area contributed by atoms with Crippen molar-refractivity contribution in [1.82, 2.24) is 0 Å². The summed E-state index contributed by atoms with van der Waals surface area (Å²) in [5, 5.41) is 0. The number of benzene rings is 2. The van der Waals surface area contributed by atoms with E-state index in [1.807, 2.05) is 42.5 Å². The van der Waals surface area contributed by atoms with Gasteiger partial charge in [0.15, 0.2) is 0 Å². The van der Waals surface area contributed by atoms with Gasteiger partial charge in [-0.05, 0) is 11.1 Å². The summed E-state index contributed by atoms with van der Waals surface area (Å²) >= 11 is 0. The Morgan fingerprint density at radius 1 is 0.938 bits per heavy atom. The van der Waals surface area contributed by atoms with Crippen LogP contribution >= 0.6 is 0 Å². The molecule has 2 radical (unpaired) electrons. The molecule has 0 heterocycles. The average Bonchev–Trinajstić information content (AvgIpc) is 2.34. The van der Waals surface area contributed by atoms with Crippen molar-refractivity contribution in [3.63, 3.8) is 0 Å². The van der Waals surface area contributed by atoms with Crippen LogP contribution < -0.4 is 11.2 Å². The molecule has 2 aromatic rings. The SMILES string of the molecule is [B]c1ccccc1C(CN)c1ccccc1. The fourth-order valence-electron chi connectivity index (χ4n) is 1.96. The summed E-state index contributed by atoms with van der Waals surface area (Å²) in [6.07, 6.45) is 0. The van der Waals surface area contributed by atoms with Gasteiger partial charge in [0.2, 0.25) is 0 Å². The van der Waals surface area contributed by atoms with E-state index in [4.69, 9.17) is 13.6 Å². The van der Waals surface area contributed by atoms with Crippen LogP contribution in [0.25, 0.3) is 0 Å². The second-order valence-electron chi connectivity index (χ2n) is 3.83. The molecule has 0 aliphatic heterocycles. The average molecular weight is 207 g/mol. The quantitative estimate of drug-likeness (QED) is 0.759. The van der Waals surface area contributed by atoms with Gasteiger partial charge in [-0.2, -0.15) is 0 Å². The third kappa shape index (κ3) is 2.17. The number of hydrogen-bond donors (Lipinski definition) is 1. The lowest BCUT2D eigenvalue weighted by Crippen LogP contribution is -2.21. The van der Waals surface area contributed by atoms with Crippen molar-refractivity contribution >= 4 is 13.3 Å². The van der Waals surface area contributed by atoms with Gasteiger partial charge >= 0.3 is 0 Å². The van der Waals surface area contributed by atoms with Crippen LogP contribution in [0.3, 0.4) is 0 Å². The standard InChI is InChI=1S/C14H14BN/c15-14-9-5-4-8-12(14)13(10-16)11-6-2-1-3-7-11/h1-9,13H,10,16H2. The van der Waals surface area contributed by atoms with E-state index in [9.17, 15) is 0 Å². The Kier molecular flexibility index (Phi) is 3.42. The first kappa shape index (κ1) is 11.0. The van der Waals surface area contributed by atoms with Gasteiger partial charge in [0.25, 0.3) is 0 Å². The Balaban J connectivity index is 2.41. The van der Waals surface area contributed by atoms with Gasteiger partial charge in [0, 0.05) is 12.5 Å². The van der Waals surface area contributed by atoms with Gasteiger partial charge < -0.3 is 5.73 Å². The van der Waals surface area contributed by atoms with Gasteiger partial charge in [-0.3, -0.25) is 0 Å². The minimum absolute atomic E-state index is 0.183. The lowest BCUT2D eigenvalue weighted by atomic mass is 9.81. The zero-order valence-electron chi connectivity index (χ0n) is 9.14. The summed E-state index contributed by atoms with van der Waals surface area (Å²) in [5.74, 6) is 0.183. The van der Waals surface area contributed by atoms with Crippen LogP contribution in [0.15, 0.2) is 54.6 Å². The smallest absolute Gasteiger partial charge is 0.114 e. The first-order valence-electron chi connectivity index (χ1n) is 5.42. The second kappa shape index (κ2) is 5.00. The summed E-state index contributed by atoms with van der Waals surface area (Å²) < 4.78 is 0. The van der Waals surface area contributed by atoms with Crippen LogP contribution in [0.5, 0.6) is 0 Å². The molecular weight excluding hydrogens is 193 g/mol. The molecule has 0 bridgehead atoms. The van der Waals surface area contributed by atoms with E-state index >= 15 is 0 Å². The Bertz CT molecular complexity index is 453. The Labute approximate surface area is 97.7 Å². The molecule has 0 amide bonds. The Morgan fingerprint density at radius 2 is 1.56 bits per heavy atom. The van der Waals surface area contributed by atoms with Gasteiger partial charge in [0.05, 0.1) is 0 Å². The summed E-state index contributed by atoms with van der Waals surface area (Å²) in [7, 11) is 5.98. The topological polar surface area (TPSA) is 26.0 Å². The van der Waals surface area contributed by atoms with Gasteiger partial charge in [-0.1, -0.05) is 60.1 Å². The van der Waals surface area contributed by atoms with E-state index in [0.29, 0.717) is 6.54 Å². The number of rotatable bonds is 3. The lowest BCUT2D eigenvalue weighted by Gasteiger charge is -2.18. The fraction of sp³-hybridized carbons (Fsp3) is 0.143. The first-order valence-corrected chi connectivity index (χ1v) is 5.42. The third-order valence-electron chi connectivity index (χ3n) is 2.81. The molecule has 78 valence electrons. The van der Waals surface area contributed by atoms with Crippen LogP contribution in [-0.2, 0) is 0 Å². The maximum absolute atomic E-state index is 5.98. The molecule has 1 unspecified atom stereocenters. The van der Waals surface area contributed by atoms with Crippen LogP contribution in [0.1, 0.15) is 17.0 Å². The Hall–Kier alpha value is -1.54. The molecule has 1 nitrogen and oxygen atoms in total. The highest BCUT2D eigenvalue weighted by atomic mass is 14.5. The van der Waals surface area contributed by atoms with Crippen LogP contribution in [0.4, 0.5) is 0 Å². The van der Waals surface area contributed by atoms with Crippen LogP contribution in [0, 0.1) is 0 Å². The highest BCUT2D eigenvalue weighted by Crippen LogP contribution is 2.21. The Morgan fingerprint density at radius 3 is 2.19 bits per heavy atom. The molecule has 0 saturated heterocycles. The second-order valence-corrected chi connectivity index (χ2v) is 3.83. The molecule has 0 saturated carbocycles. The molecule has 2 N–H and O–H groups in total. The largest absolute Gasteiger partial charge is 0.330 e. The van der Waals surface area contributed by atoms with Gasteiger partial charge in [0.1, 0.15) is 7.85 Å². The molecule has 0 aromatic heterocycles. The van der Waals surface area contributed by atoms with E-state index in [1.165, 1.54) is 5.56 Å². The molecular formula is C14H14BN. The van der Waals surface area contributed by atoms with E-state index in [2.05, 4.69) is 12.1 Å². The molecule has 16 heavy (non-hydrogen) atoms. The number of hydrogen-bond acceptors (Lipinski definition) is 1. The highest BCUT2D eigenvalue weighted by molar-refractivity contribution is 6.33. The van der Waals surface area contributed by atoms with Crippen molar-refractivity contribution < 1.29 is 0 Å². The normalized spacial score (nSPS) is 12.3. The molecule has 2 aromatic carbocycles. The zero-order chi connectivity index (χ0) is 11.4. The predicted octanol–water partition coefficient (Wildman–Crippen LogP) is 1.57. The maximum atomic E-state index is 5.98. The molecule has 0 fully saturated rings. The van der Waals surface area contributed by atoms with E-state index in [1.54, 1.807) is 0 Å². The fourth-order valence-corrected chi connectivity index (χ4v) is 1.96. The maximum Gasteiger partial charge on any atom is 0.114 e. The van der Waals surface area contributed by atoms with Crippen molar-refractivity contribution in [2.45, 2.75) is 5.92 Å². The molecule has 1 atom stereocenters. The van der Waals surface area contributed by atoms with Crippen molar-refractivity contribution in [3.05, 3.63) is 65.7 Å². The van der Waals surface area contributed by atoms with E-state index in [-0.39, 0.29) is 5.92 Å². The first-order chi connectivity index (χ1) is 7.83. The van der Waals surface area contributed by atoms with Crippen molar-refractivity contribution in [1.29, 1.82) is 0 Å². The third-order valence-corrected chi connectivity index (χ3v) is 2.81. The summed E-state index contributed by atoms with van der Waals surface area (Å²) in [6.45, 7) is 0.568. The summed E-state index contributed by atoms with van der Waals surface area (Å²) in [6, 6.07) is 18.1. The van der Waals surface area contributed by atoms with Crippen molar-refractivity contribution in [3.8, 4) is 0 Å². The van der Waals surface area contributed by atoms with E-state index < -0.39 is 0 Å². The van der Waals surface area contributed by atoms with Gasteiger partial charge in [-0.25, -0.2) is 0 Å². The lowest BCUT2D eigenvalue weighted by molar-refractivity contribution is 0.824. The van der Waals surface area contributed by atoms with E-state index in [0.717, 1.165) is 11.0 Å². The zero-order valence-corrected chi connectivity index (χ0v) is 9.14. The van der Waals surface area contributed by atoms with Crippen molar-refractivity contribution in [2.75, 3.05) is 6.54 Å².